The number of carbonyl (C=O) groups is 1. The number of hydrogen-bond donors (Lipinski definition) is 1. The van der Waals surface area contributed by atoms with E-state index < -0.39 is 12.1 Å². The van der Waals surface area contributed by atoms with Crippen LogP contribution in [0.15, 0.2) is 18.6 Å². The van der Waals surface area contributed by atoms with E-state index in [9.17, 15) is 4.79 Å². The Morgan fingerprint density at radius 3 is 2.40 bits per heavy atom. The van der Waals surface area contributed by atoms with E-state index in [1.165, 1.54) is 63.5 Å². The van der Waals surface area contributed by atoms with Crippen LogP contribution in [0.3, 0.4) is 0 Å². The topological polar surface area (TPSA) is 72.3 Å². The molecule has 1 aromatic heterocycles. The van der Waals surface area contributed by atoms with E-state index in [0.29, 0.717) is 6.42 Å². The van der Waals surface area contributed by atoms with Gasteiger partial charge in [0.05, 0.1) is 6.20 Å². The van der Waals surface area contributed by atoms with Crippen molar-refractivity contribution < 1.29 is 14.6 Å². The Kier molecular flexibility index (Phi) is 12.2. The summed E-state index contributed by atoms with van der Waals surface area (Å²) in [5.74, 6) is 4.86. The van der Waals surface area contributed by atoms with Gasteiger partial charge in [-0.25, -0.2) is 9.78 Å². The lowest BCUT2D eigenvalue weighted by Crippen LogP contribution is -2.18. The van der Waals surface area contributed by atoms with Crippen LogP contribution in [0.25, 0.3) is 0 Å². The molecule has 0 aliphatic carbocycles. The van der Waals surface area contributed by atoms with E-state index >= 15 is 0 Å². The van der Waals surface area contributed by atoms with Crippen LogP contribution in [-0.2, 0) is 4.74 Å². The summed E-state index contributed by atoms with van der Waals surface area (Å²) in [7, 11) is 0. The van der Waals surface area contributed by atoms with E-state index in [0.717, 1.165) is 12.8 Å². The summed E-state index contributed by atoms with van der Waals surface area (Å²) in [4.78, 5) is 19.8. The summed E-state index contributed by atoms with van der Waals surface area (Å²) >= 11 is 0. The minimum atomic E-state index is -0.527. The number of aliphatic hydroxyl groups is 1. The maximum atomic E-state index is 12.0. The molecule has 0 amide bonds. The number of esters is 1. The van der Waals surface area contributed by atoms with Gasteiger partial charge in [0, 0.05) is 12.4 Å². The summed E-state index contributed by atoms with van der Waals surface area (Å²) in [6.45, 7) is 1.99. The third-order valence-corrected chi connectivity index (χ3v) is 3.93. The molecular formula is C20H30N2O3. The van der Waals surface area contributed by atoms with Crippen LogP contribution < -0.4 is 0 Å². The second-order valence-electron chi connectivity index (χ2n) is 6.08. The van der Waals surface area contributed by atoms with Crippen LogP contribution >= 0.6 is 0 Å². The first-order valence-electron chi connectivity index (χ1n) is 9.34. The molecule has 5 nitrogen and oxygen atoms in total. The van der Waals surface area contributed by atoms with E-state index in [4.69, 9.17) is 9.84 Å². The molecule has 1 aromatic rings. The van der Waals surface area contributed by atoms with Crippen molar-refractivity contribution >= 4 is 5.97 Å². The molecule has 1 N–H and O–H groups in total. The van der Waals surface area contributed by atoms with Gasteiger partial charge >= 0.3 is 5.97 Å². The van der Waals surface area contributed by atoms with Gasteiger partial charge in [0.15, 0.2) is 11.8 Å². The lowest BCUT2D eigenvalue weighted by atomic mass is 10.1. The monoisotopic (exact) mass is 346 g/mol. The first-order valence-corrected chi connectivity index (χ1v) is 9.34. The molecule has 0 radical (unpaired) electrons. The first kappa shape index (κ1) is 21.1. The van der Waals surface area contributed by atoms with Crippen LogP contribution in [0.2, 0.25) is 0 Å². The molecule has 0 aromatic carbocycles. The molecule has 0 spiro atoms. The highest BCUT2D eigenvalue weighted by Crippen LogP contribution is 2.13. The number of aliphatic hydroxyl groups excluding tert-OH is 1. The molecule has 0 saturated heterocycles. The molecule has 1 unspecified atom stereocenters. The van der Waals surface area contributed by atoms with E-state index in [1.807, 2.05) is 0 Å². The fraction of sp³-hybridized carbons (Fsp3) is 0.650. The van der Waals surface area contributed by atoms with Crippen molar-refractivity contribution in [2.75, 3.05) is 6.61 Å². The summed E-state index contributed by atoms with van der Waals surface area (Å²) < 4.78 is 5.38. The minimum absolute atomic E-state index is 0.172. The van der Waals surface area contributed by atoms with Crippen molar-refractivity contribution in [2.45, 2.75) is 77.2 Å². The van der Waals surface area contributed by atoms with E-state index in [-0.39, 0.29) is 12.3 Å². The number of ether oxygens (including phenoxy) is 1. The number of aromatic nitrogens is 2. The predicted octanol–water partition coefficient (Wildman–Crippen LogP) is 3.92. The van der Waals surface area contributed by atoms with Crippen LogP contribution in [0, 0.1) is 11.8 Å². The van der Waals surface area contributed by atoms with Gasteiger partial charge in [0.25, 0.3) is 0 Å². The van der Waals surface area contributed by atoms with E-state index in [2.05, 4.69) is 28.7 Å². The molecule has 0 aliphatic heterocycles. The fourth-order valence-electron chi connectivity index (χ4n) is 2.55. The largest absolute Gasteiger partial charge is 0.444 e. The average molecular weight is 346 g/mol. The molecule has 1 rings (SSSR count). The Hall–Kier alpha value is -1.93. The summed E-state index contributed by atoms with van der Waals surface area (Å²) in [6, 6.07) is 0. The highest BCUT2D eigenvalue weighted by atomic mass is 16.5. The van der Waals surface area contributed by atoms with Crippen molar-refractivity contribution in [3.05, 3.63) is 24.3 Å². The van der Waals surface area contributed by atoms with Crippen LogP contribution in [0.1, 0.15) is 81.6 Å². The van der Waals surface area contributed by atoms with Gasteiger partial charge in [-0.1, -0.05) is 70.1 Å². The molecule has 1 heterocycles. The molecule has 0 aliphatic rings. The van der Waals surface area contributed by atoms with Gasteiger partial charge in [-0.2, -0.15) is 0 Å². The summed E-state index contributed by atoms with van der Waals surface area (Å²) in [5, 5.41) is 8.86. The zero-order chi connectivity index (χ0) is 18.2. The highest BCUT2D eigenvalue weighted by molar-refractivity contribution is 5.87. The number of unbranched alkanes of at least 4 members (excludes halogenated alkanes) is 8. The Balaban J connectivity index is 2.26. The van der Waals surface area contributed by atoms with Crippen molar-refractivity contribution in [3.8, 4) is 11.8 Å². The standard InChI is InChI=1S/C20H30N2O3/c1-2-3-4-5-6-7-8-9-10-12-18(13-11-16-23)25-20(24)19-17-21-14-15-22-19/h14-15,17-18,23H,2-10,12,16H2,1H3. The minimum Gasteiger partial charge on any atom is -0.444 e. The van der Waals surface area contributed by atoms with Crippen molar-refractivity contribution in [2.24, 2.45) is 0 Å². The lowest BCUT2D eigenvalue weighted by Gasteiger charge is -2.12. The highest BCUT2D eigenvalue weighted by Gasteiger charge is 2.15. The Bertz CT molecular complexity index is 523. The molecule has 5 heteroatoms. The van der Waals surface area contributed by atoms with Crippen molar-refractivity contribution in [1.82, 2.24) is 9.97 Å². The van der Waals surface area contributed by atoms with Gasteiger partial charge in [-0.3, -0.25) is 4.98 Å². The maximum Gasteiger partial charge on any atom is 0.359 e. The first-order chi connectivity index (χ1) is 12.3. The van der Waals surface area contributed by atoms with Crippen molar-refractivity contribution in [3.63, 3.8) is 0 Å². The predicted molar refractivity (Wildman–Crippen MR) is 97.9 cm³/mol. The van der Waals surface area contributed by atoms with Gasteiger partial charge in [0.2, 0.25) is 0 Å². The number of hydrogen-bond acceptors (Lipinski definition) is 5. The van der Waals surface area contributed by atoms with Crippen molar-refractivity contribution in [1.29, 1.82) is 0 Å². The molecular weight excluding hydrogens is 316 g/mol. The molecule has 25 heavy (non-hydrogen) atoms. The Morgan fingerprint density at radius 1 is 1.12 bits per heavy atom. The maximum absolute atomic E-state index is 12.0. The molecule has 0 bridgehead atoms. The molecule has 1 atom stereocenters. The van der Waals surface area contributed by atoms with Gasteiger partial charge in [-0.15, -0.1) is 0 Å². The van der Waals surface area contributed by atoms with Gasteiger partial charge in [0.1, 0.15) is 6.61 Å². The zero-order valence-corrected chi connectivity index (χ0v) is 15.2. The average Bonchev–Trinajstić information content (AvgIpc) is 2.65. The number of nitrogens with zero attached hydrogens (tertiary/aromatic N) is 2. The van der Waals surface area contributed by atoms with Crippen LogP contribution in [0.5, 0.6) is 0 Å². The quantitative estimate of drug-likeness (QED) is 0.353. The molecule has 138 valence electrons. The second-order valence-corrected chi connectivity index (χ2v) is 6.08. The molecule has 0 saturated carbocycles. The van der Waals surface area contributed by atoms with Gasteiger partial charge in [-0.05, 0) is 12.8 Å². The fourth-order valence-corrected chi connectivity index (χ4v) is 2.55. The third-order valence-electron chi connectivity index (χ3n) is 3.93. The number of rotatable bonds is 12. The zero-order valence-electron chi connectivity index (χ0n) is 15.2. The second kappa shape index (κ2) is 14.4. The van der Waals surface area contributed by atoms with E-state index in [1.54, 1.807) is 0 Å². The summed E-state index contributed by atoms with van der Waals surface area (Å²) in [6.07, 6.45) is 15.6. The lowest BCUT2D eigenvalue weighted by molar-refractivity contribution is 0.0385. The SMILES string of the molecule is CCCCCCCCCCCC(C#CCO)OC(=O)c1cnccn1. The normalized spacial score (nSPS) is 11.4. The smallest absolute Gasteiger partial charge is 0.359 e. The third kappa shape index (κ3) is 10.5. The Labute approximate surface area is 151 Å². The van der Waals surface area contributed by atoms with Crippen LogP contribution in [0.4, 0.5) is 0 Å². The number of carbonyl (C=O) groups excluding carboxylic acids is 1. The Morgan fingerprint density at radius 2 is 1.80 bits per heavy atom. The van der Waals surface area contributed by atoms with Gasteiger partial charge < -0.3 is 9.84 Å². The summed E-state index contributed by atoms with van der Waals surface area (Å²) in [5.41, 5.74) is 0.172. The van der Waals surface area contributed by atoms with Crippen LogP contribution in [-0.4, -0.2) is 33.8 Å². The molecule has 0 fully saturated rings.